The number of hydrogen-bond donors (Lipinski definition) is 2. The van der Waals surface area contributed by atoms with Gasteiger partial charge in [-0.1, -0.05) is 13.8 Å². The lowest BCUT2D eigenvalue weighted by Gasteiger charge is -2.05. The Morgan fingerprint density at radius 2 is 2.06 bits per heavy atom. The van der Waals surface area contributed by atoms with E-state index in [0.29, 0.717) is 12.5 Å². The zero-order valence-corrected chi connectivity index (χ0v) is 10.9. The second-order valence-corrected chi connectivity index (χ2v) is 4.77. The number of methoxy groups -OCH3 is 1. The fraction of sp³-hybridized carbons (Fsp3) is 0.429. The fourth-order valence-electron chi connectivity index (χ4n) is 2.35. The molecule has 1 heterocycles. The monoisotopic (exact) mass is 232 g/mol. The minimum atomic E-state index is 0.436. The highest BCUT2D eigenvalue weighted by Crippen LogP contribution is 2.33. The summed E-state index contributed by atoms with van der Waals surface area (Å²) in [6, 6.07) is 4.21. The van der Waals surface area contributed by atoms with E-state index in [4.69, 9.17) is 10.5 Å². The fourth-order valence-corrected chi connectivity index (χ4v) is 2.35. The van der Waals surface area contributed by atoms with Gasteiger partial charge in [0.2, 0.25) is 0 Å². The third-order valence-corrected chi connectivity index (χ3v) is 3.16. The Bertz CT molecular complexity index is 541. The molecule has 92 valence electrons. The molecule has 0 amide bonds. The van der Waals surface area contributed by atoms with Gasteiger partial charge in [0.05, 0.1) is 12.6 Å². The van der Waals surface area contributed by atoms with Crippen LogP contribution in [0.5, 0.6) is 5.75 Å². The molecule has 0 unspecified atom stereocenters. The Hall–Kier alpha value is -1.48. The number of benzene rings is 1. The zero-order valence-electron chi connectivity index (χ0n) is 10.9. The minimum Gasteiger partial charge on any atom is -0.495 e. The predicted octanol–water partition coefficient (Wildman–Crippen LogP) is 3.07. The van der Waals surface area contributed by atoms with Gasteiger partial charge in [0.1, 0.15) is 5.75 Å². The standard InChI is InChI=1S/C14H20N2O/c1-8(2)13-11(7-15)10-5-9(3)6-12(17-4)14(10)16-13/h5-6,8,16H,7,15H2,1-4H3. The molecule has 0 bridgehead atoms. The number of aromatic nitrogens is 1. The van der Waals surface area contributed by atoms with Crippen LogP contribution in [0.1, 0.15) is 36.6 Å². The van der Waals surface area contributed by atoms with Crippen LogP contribution in [0, 0.1) is 6.92 Å². The number of hydrogen-bond acceptors (Lipinski definition) is 2. The number of H-pyrrole nitrogens is 1. The van der Waals surface area contributed by atoms with E-state index in [9.17, 15) is 0 Å². The average molecular weight is 232 g/mol. The summed E-state index contributed by atoms with van der Waals surface area (Å²) in [6.07, 6.45) is 0. The summed E-state index contributed by atoms with van der Waals surface area (Å²) >= 11 is 0. The van der Waals surface area contributed by atoms with Gasteiger partial charge >= 0.3 is 0 Å². The molecule has 0 atom stereocenters. The normalized spacial score (nSPS) is 11.4. The van der Waals surface area contributed by atoms with Crippen molar-refractivity contribution in [1.29, 1.82) is 0 Å². The maximum absolute atomic E-state index is 5.88. The van der Waals surface area contributed by atoms with E-state index in [1.165, 1.54) is 22.2 Å². The van der Waals surface area contributed by atoms with E-state index < -0.39 is 0 Å². The third-order valence-electron chi connectivity index (χ3n) is 3.16. The second-order valence-electron chi connectivity index (χ2n) is 4.77. The van der Waals surface area contributed by atoms with Crippen molar-refractivity contribution in [2.24, 2.45) is 5.73 Å². The lowest BCUT2D eigenvalue weighted by Crippen LogP contribution is -2.01. The lowest BCUT2D eigenvalue weighted by atomic mass is 10.0. The van der Waals surface area contributed by atoms with Crippen molar-refractivity contribution in [2.45, 2.75) is 33.2 Å². The molecule has 0 saturated heterocycles. The minimum absolute atomic E-state index is 0.436. The summed E-state index contributed by atoms with van der Waals surface area (Å²) in [4.78, 5) is 3.46. The maximum Gasteiger partial charge on any atom is 0.143 e. The SMILES string of the molecule is COc1cc(C)cc2c(CN)c(C(C)C)[nH]c12. The summed E-state index contributed by atoms with van der Waals surface area (Å²) in [6.45, 7) is 6.97. The van der Waals surface area contributed by atoms with Crippen LogP contribution in [-0.2, 0) is 6.54 Å². The van der Waals surface area contributed by atoms with Crippen molar-refractivity contribution < 1.29 is 4.74 Å². The average Bonchev–Trinajstić information content (AvgIpc) is 2.66. The largest absolute Gasteiger partial charge is 0.495 e. The Labute approximate surface area is 102 Å². The molecule has 0 fully saturated rings. The van der Waals surface area contributed by atoms with Crippen LogP contribution in [0.25, 0.3) is 10.9 Å². The molecule has 17 heavy (non-hydrogen) atoms. The number of aromatic amines is 1. The summed E-state index contributed by atoms with van der Waals surface area (Å²) in [5, 5.41) is 1.19. The molecule has 0 aliphatic rings. The molecule has 1 aromatic heterocycles. The van der Waals surface area contributed by atoms with Crippen LogP contribution < -0.4 is 10.5 Å². The molecule has 0 aliphatic carbocycles. The van der Waals surface area contributed by atoms with Crippen LogP contribution in [0.15, 0.2) is 12.1 Å². The van der Waals surface area contributed by atoms with E-state index >= 15 is 0 Å². The first-order valence-electron chi connectivity index (χ1n) is 5.97. The molecule has 0 spiro atoms. The van der Waals surface area contributed by atoms with Gasteiger partial charge in [-0.25, -0.2) is 0 Å². The molecule has 3 nitrogen and oxygen atoms in total. The van der Waals surface area contributed by atoms with Crippen LogP contribution in [-0.4, -0.2) is 12.1 Å². The smallest absolute Gasteiger partial charge is 0.143 e. The van der Waals surface area contributed by atoms with E-state index in [1.807, 2.05) is 6.07 Å². The second kappa shape index (κ2) is 4.41. The van der Waals surface area contributed by atoms with Crippen molar-refractivity contribution in [3.05, 3.63) is 29.0 Å². The first kappa shape index (κ1) is 12.0. The van der Waals surface area contributed by atoms with E-state index in [2.05, 4.69) is 31.8 Å². The van der Waals surface area contributed by atoms with Crippen molar-refractivity contribution in [3.63, 3.8) is 0 Å². The van der Waals surface area contributed by atoms with Gasteiger partial charge in [0.15, 0.2) is 0 Å². The Morgan fingerprint density at radius 3 is 2.59 bits per heavy atom. The number of nitrogens with two attached hydrogens (primary N) is 1. The summed E-state index contributed by atoms with van der Waals surface area (Å²) in [5.41, 5.74) is 10.6. The molecular weight excluding hydrogens is 212 g/mol. The van der Waals surface area contributed by atoms with Gasteiger partial charge in [0, 0.05) is 17.6 Å². The summed E-state index contributed by atoms with van der Waals surface area (Å²) in [7, 11) is 1.70. The summed E-state index contributed by atoms with van der Waals surface area (Å²) < 4.78 is 5.43. The van der Waals surface area contributed by atoms with Crippen LogP contribution in [0.4, 0.5) is 0 Å². The highest BCUT2D eigenvalue weighted by molar-refractivity contribution is 5.90. The van der Waals surface area contributed by atoms with Crippen LogP contribution >= 0.6 is 0 Å². The Balaban J connectivity index is 2.81. The van der Waals surface area contributed by atoms with Crippen LogP contribution in [0.2, 0.25) is 0 Å². The number of ether oxygens (including phenoxy) is 1. The number of nitrogens with one attached hydrogen (secondary N) is 1. The zero-order chi connectivity index (χ0) is 12.6. The van der Waals surface area contributed by atoms with Crippen LogP contribution in [0.3, 0.4) is 0 Å². The van der Waals surface area contributed by atoms with Crippen molar-refractivity contribution in [2.75, 3.05) is 7.11 Å². The summed E-state index contributed by atoms with van der Waals surface area (Å²) in [5.74, 6) is 1.33. The highest BCUT2D eigenvalue weighted by atomic mass is 16.5. The van der Waals surface area contributed by atoms with E-state index in [-0.39, 0.29) is 0 Å². The van der Waals surface area contributed by atoms with Gasteiger partial charge in [-0.3, -0.25) is 0 Å². The number of rotatable bonds is 3. The first-order valence-corrected chi connectivity index (χ1v) is 5.97. The lowest BCUT2D eigenvalue weighted by molar-refractivity contribution is 0.418. The van der Waals surface area contributed by atoms with Gasteiger partial charge in [-0.05, 0) is 36.1 Å². The van der Waals surface area contributed by atoms with Gasteiger partial charge in [-0.15, -0.1) is 0 Å². The van der Waals surface area contributed by atoms with E-state index in [0.717, 1.165) is 11.3 Å². The molecular formula is C14H20N2O. The quantitative estimate of drug-likeness (QED) is 0.854. The Morgan fingerprint density at radius 1 is 1.35 bits per heavy atom. The molecule has 0 radical (unpaired) electrons. The van der Waals surface area contributed by atoms with Crippen molar-refractivity contribution >= 4 is 10.9 Å². The van der Waals surface area contributed by atoms with Crippen molar-refractivity contribution in [3.8, 4) is 5.75 Å². The molecule has 3 N–H and O–H groups in total. The molecule has 2 aromatic rings. The molecule has 1 aromatic carbocycles. The first-order chi connectivity index (χ1) is 8.08. The predicted molar refractivity (Wildman–Crippen MR) is 71.6 cm³/mol. The number of fused-ring (bicyclic) bond motifs is 1. The third kappa shape index (κ3) is 1.91. The van der Waals surface area contributed by atoms with Gasteiger partial charge in [-0.2, -0.15) is 0 Å². The molecule has 3 heteroatoms. The highest BCUT2D eigenvalue weighted by Gasteiger charge is 2.15. The van der Waals surface area contributed by atoms with Crippen molar-refractivity contribution in [1.82, 2.24) is 4.98 Å². The number of aryl methyl sites for hydroxylation is 1. The van der Waals surface area contributed by atoms with Gasteiger partial charge in [0.25, 0.3) is 0 Å². The molecule has 0 saturated carbocycles. The Kier molecular flexibility index (Phi) is 3.11. The topological polar surface area (TPSA) is 51.0 Å². The maximum atomic E-state index is 5.88. The molecule has 2 rings (SSSR count). The van der Waals surface area contributed by atoms with Gasteiger partial charge < -0.3 is 15.5 Å². The molecule has 0 aliphatic heterocycles. The van der Waals surface area contributed by atoms with E-state index in [1.54, 1.807) is 7.11 Å².